The third-order valence-electron chi connectivity index (χ3n) is 1.39. The van der Waals surface area contributed by atoms with Gasteiger partial charge in [0.15, 0.2) is 0 Å². The molecule has 0 saturated heterocycles. The van der Waals surface area contributed by atoms with Crippen LogP contribution in [0.4, 0.5) is 0 Å². The van der Waals surface area contributed by atoms with E-state index in [2.05, 4.69) is 29.8 Å². The Labute approximate surface area is 69.4 Å². The summed E-state index contributed by atoms with van der Waals surface area (Å²) in [6, 6.07) is 2.70. The van der Waals surface area contributed by atoms with Crippen LogP contribution in [0, 0.1) is 0 Å². The molecule has 2 heteroatoms. The Morgan fingerprint density at radius 2 is 1.36 bits per heavy atom. The van der Waals surface area contributed by atoms with Gasteiger partial charge in [-0.3, -0.25) is 0 Å². The molecule has 0 aromatic heterocycles. The van der Waals surface area contributed by atoms with Crippen LogP contribution >= 0.6 is 0 Å². The zero-order valence-corrected chi connectivity index (χ0v) is 7.64. The van der Waals surface area contributed by atoms with Gasteiger partial charge in [0.2, 0.25) is 0 Å². The number of aliphatic imine (C=N–C) groups is 2. The smallest absolute Gasteiger partial charge is 0.0892 e. The van der Waals surface area contributed by atoms with Gasteiger partial charge in [0.25, 0.3) is 0 Å². The molecule has 0 amide bonds. The molecule has 0 unspecified atom stereocenters. The van der Waals surface area contributed by atoms with E-state index in [1.165, 1.54) is 12.8 Å². The summed E-state index contributed by atoms with van der Waals surface area (Å²) in [6.45, 7) is 6.08. The van der Waals surface area contributed by atoms with Crippen LogP contribution in [-0.2, 0) is 0 Å². The first kappa shape index (κ1) is 10.4. The Balaban J connectivity index is 3.17. The lowest BCUT2D eigenvalue weighted by atomic mass is 10.3. The maximum Gasteiger partial charge on any atom is 0.0892 e. The Bertz CT molecular complexity index is 112. The van der Waals surface area contributed by atoms with Gasteiger partial charge in [-0.25, -0.2) is 9.98 Å². The molecule has 0 aliphatic rings. The van der Waals surface area contributed by atoms with Crippen molar-refractivity contribution in [3.8, 4) is 0 Å². The zero-order chi connectivity index (χ0) is 8.36. The van der Waals surface area contributed by atoms with Crippen LogP contribution in [0.2, 0.25) is 0 Å². The highest BCUT2D eigenvalue weighted by molar-refractivity contribution is 5.40. The lowest BCUT2D eigenvalue weighted by Crippen LogP contribution is -1.79. The number of nitrogens with zero attached hydrogens (tertiary/aromatic N) is 2. The van der Waals surface area contributed by atoms with Crippen LogP contribution in [0.1, 0.15) is 39.5 Å². The maximum atomic E-state index is 4.02. The quantitative estimate of drug-likeness (QED) is 0.415. The molecule has 0 aromatic rings. The highest BCUT2D eigenvalue weighted by Crippen LogP contribution is 1.86. The van der Waals surface area contributed by atoms with Crippen LogP contribution in [0.5, 0.6) is 0 Å². The summed E-state index contributed by atoms with van der Waals surface area (Å²) in [4.78, 5) is 8.03. The molecule has 64 valence electrons. The Morgan fingerprint density at radius 3 is 1.73 bits per heavy atom. The van der Waals surface area contributed by atoms with Crippen molar-refractivity contribution < 1.29 is 0 Å². The van der Waals surface area contributed by atoms with Crippen molar-refractivity contribution in [3.63, 3.8) is 0 Å². The summed E-state index contributed by atoms with van der Waals surface area (Å²) in [6.07, 6.45) is 4.69. The predicted molar refractivity (Wildman–Crippen MR) is 49.4 cm³/mol. The van der Waals surface area contributed by atoms with Gasteiger partial charge in [-0.1, -0.05) is 26.7 Å². The number of rotatable bonds is 6. The molecular weight excluding hydrogens is 136 g/mol. The summed E-state index contributed by atoms with van der Waals surface area (Å²) in [5.41, 5.74) is 0. The van der Waals surface area contributed by atoms with E-state index in [0.29, 0.717) is 0 Å². The van der Waals surface area contributed by atoms with Gasteiger partial charge >= 0.3 is 0 Å². The SMILES string of the molecule is CCCCN=C=NCCCC. The van der Waals surface area contributed by atoms with E-state index in [1.54, 1.807) is 0 Å². The van der Waals surface area contributed by atoms with Gasteiger partial charge in [0.05, 0.1) is 6.01 Å². The molecule has 0 fully saturated rings. The standard InChI is InChI=1S/C9H18N2/c1-3-5-7-10-9-11-8-6-4-2/h3-8H2,1-2H3. The van der Waals surface area contributed by atoms with E-state index in [0.717, 1.165) is 25.9 Å². The molecule has 0 aromatic carbocycles. The van der Waals surface area contributed by atoms with Crippen molar-refractivity contribution in [1.29, 1.82) is 0 Å². The van der Waals surface area contributed by atoms with Crippen molar-refractivity contribution in [2.45, 2.75) is 39.5 Å². The van der Waals surface area contributed by atoms with Crippen molar-refractivity contribution >= 4 is 6.01 Å². The third-order valence-corrected chi connectivity index (χ3v) is 1.39. The molecule has 0 rings (SSSR count). The van der Waals surface area contributed by atoms with Crippen LogP contribution < -0.4 is 0 Å². The van der Waals surface area contributed by atoms with E-state index < -0.39 is 0 Å². The second-order valence-electron chi connectivity index (χ2n) is 2.57. The summed E-state index contributed by atoms with van der Waals surface area (Å²) >= 11 is 0. The van der Waals surface area contributed by atoms with E-state index in [4.69, 9.17) is 0 Å². The van der Waals surface area contributed by atoms with Crippen LogP contribution in [0.15, 0.2) is 9.98 Å². The summed E-state index contributed by atoms with van der Waals surface area (Å²) in [5.74, 6) is 0. The zero-order valence-electron chi connectivity index (χ0n) is 7.64. The summed E-state index contributed by atoms with van der Waals surface area (Å²) in [5, 5.41) is 0. The van der Waals surface area contributed by atoms with Gasteiger partial charge in [0, 0.05) is 13.1 Å². The number of unbranched alkanes of at least 4 members (excludes halogenated alkanes) is 2. The summed E-state index contributed by atoms with van der Waals surface area (Å²) < 4.78 is 0. The second-order valence-corrected chi connectivity index (χ2v) is 2.57. The molecular formula is C9H18N2. The lowest BCUT2D eigenvalue weighted by Gasteiger charge is -1.85. The van der Waals surface area contributed by atoms with E-state index in [-0.39, 0.29) is 0 Å². The van der Waals surface area contributed by atoms with E-state index in [9.17, 15) is 0 Å². The average molecular weight is 154 g/mol. The fraction of sp³-hybridized carbons (Fsp3) is 0.889. The fourth-order valence-electron chi connectivity index (χ4n) is 0.624. The summed E-state index contributed by atoms with van der Waals surface area (Å²) in [7, 11) is 0. The normalized spacial score (nSPS) is 8.91. The molecule has 0 bridgehead atoms. The van der Waals surface area contributed by atoms with Gasteiger partial charge in [0.1, 0.15) is 0 Å². The van der Waals surface area contributed by atoms with E-state index >= 15 is 0 Å². The van der Waals surface area contributed by atoms with Crippen LogP contribution in [-0.4, -0.2) is 19.1 Å². The largest absolute Gasteiger partial charge is 0.226 e. The van der Waals surface area contributed by atoms with E-state index in [1.807, 2.05) is 0 Å². The van der Waals surface area contributed by atoms with Crippen molar-refractivity contribution in [3.05, 3.63) is 0 Å². The Morgan fingerprint density at radius 1 is 0.909 bits per heavy atom. The third kappa shape index (κ3) is 9.38. The van der Waals surface area contributed by atoms with Gasteiger partial charge in [-0.2, -0.15) is 0 Å². The van der Waals surface area contributed by atoms with Crippen molar-refractivity contribution in [2.24, 2.45) is 9.98 Å². The minimum absolute atomic E-state index is 0.881. The molecule has 0 aliphatic heterocycles. The van der Waals surface area contributed by atoms with Crippen molar-refractivity contribution in [1.82, 2.24) is 0 Å². The molecule has 0 atom stereocenters. The molecule has 0 N–H and O–H groups in total. The molecule has 0 spiro atoms. The molecule has 2 nitrogen and oxygen atoms in total. The molecule has 0 aliphatic carbocycles. The fourth-order valence-corrected chi connectivity index (χ4v) is 0.624. The second kappa shape index (κ2) is 9.38. The predicted octanol–water partition coefficient (Wildman–Crippen LogP) is 2.76. The Kier molecular flexibility index (Phi) is 8.85. The highest BCUT2D eigenvalue weighted by atomic mass is 14.8. The topological polar surface area (TPSA) is 24.7 Å². The van der Waals surface area contributed by atoms with Gasteiger partial charge in [-0.15, -0.1) is 0 Å². The number of hydrogen-bond donors (Lipinski definition) is 0. The first-order chi connectivity index (χ1) is 5.41. The minimum atomic E-state index is 0.881. The highest BCUT2D eigenvalue weighted by Gasteiger charge is 1.77. The molecule has 0 saturated carbocycles. The number of hydrogen-bond acceptors (Lipinski definition) is 2. The monoisotopic (exact) mass is 154 g/mol. The van der Waals surface area contributed by atoms with Crippen molar-refractivity contribution in [2.75, 3.05) is 13.1 Å². The van der Waals surface area contributed by atoms with Crippen LogP contribution in [0.25, 0.3) is 0 Å². The maximum absolute atomic E-state index is 4.02. The first-order valence-electron chi connectivity index (χ1n) is 4.49. The van der Waals surface area contributed by atoms with Gasteiger partial charge in [-0.05, 0) is 12.8 Å². The molecule has 0 heterocycles. The molecule has 0 radical (unpaired) electrons. The Hall–Kier alpha value is -0.620. The molecule has 11 heavy (non-hydrogen) atoms. The lowest BCUT2D eigenvalue weighted by molar-refractivity contribution is 0.800. The van der Waals surface area contributed by atoms with Gasteiger partial charge < -0.3 is 0 Å². The average Bonchev–Trinajstić information content (AvgIpc) is 2.03. The minimum Gasteiger partial charge on any atom is -0.226 e. The first-order valence-corrected chi connectivity index (χ1v) is 4.49. The van der Waals surface area contributed by atoms with Crippen LogP contribution in [0.3, 0.4) is 0 Å².